The largest absolute Gasteiger partial charge is 0.445 e. The third-order valence-corrected chi connectivity index (χ3v) is 4.60. The summed E-state index contributed by atoms with van der Waals surface area (Å²) >= 11 is 0. The highest BCUT2D eigenvalue weighted by molar-refractivity contribution is 5.92. The molecule has 2 unspecified atom stereocenters. The van der Waals surface area contributed by atoms with Crippen LogP contribution in [-0.4, -0.2) is 36.7 Å². The van der Waals surface area contributed by atoms with Crippen molar-refractivity contribution in [1.29, 1.82) is 0 Å². The van der Waals surface area contributed by atoms with Gasteiger partial charge in [0.2, 0.25) is 0 Å². The zero-order valence-corrected chi connectivity index (χ0v) is 18.1. The number of ether oxygens (including phenoxy) is 4. The fraction of sp³-hybridized carbons (Fsp3) is 0.417. The average molecular weight is 411 g/mol. The van der Waals surface area contributed by atoms with E-state index in [1.54, 1.807) is 6.92 Å². The number of nitrogens with zero attached hydrogens (tertiary/aromatic N) is 1. The Morgan fingerprint density at radius 1 is 1.03 bits per heavy atom. The highest BCUT2D eigenvalue weighted by atomic mass is 16.7. The third kappa shape index (κ3) is 4.71. The summed E-state index contributed by atoms with van der Waals surface area (Å²) in [5.41, 5.74) is -0.206. The van der Waals surface area contributed by atoms with E-state index in [4.69, 9.17) is 23.9 Å². The summed E-state index contributed by atoms with van der Waals surface area (Å²) in [7, 11) is 0. The minimum atomic E-state index is -1.19. The number of cyclic esters (lactones) is 1. The first kappa shape index (κ1) is 22.0. The van der Waals surface area contributed by atoms with Gasteiger partial charge in [0.25, 0.3) is 0 Å². The normalized spacial score (nSPS) is 19.6. The van der Waals surface area contributed by atoms with Crippen molar-refractivity contribution in [3.05, 3.63) is 71.8 Å². The van der Waals surface area contributed by atoms with Gasteiger partial charge >= 0.3 is 12.1 Å². The zero-order chi connectivity index (χ0) is 21.8. The molecule has 0 fully saturated rings. The summed E-state index contributed by atoms with van der Waals surface area (Å²) < 4.78 is 23.0. The molecule has 0 bridgehead atoms. The van der Waals surface area contributed by atoms with Crippen molar-refractivity contribution in [3.8, 4) is 0 Å². The van der Waals surface area contributed by atoms with Gasteiger partial charge < -0.3 is 18.9 Å². The Hall–Kier alpha value is -2.70. The van der Waals surface area contributed by atoms with E-state index in [0.717, 1.165) is 11.1 Å². The van der Waals surface area contributed by atoms with Gasteiger partial charge in [-0.1, -0.05) is 60.7 Å². The smallest absolute Gasteiger partial charge is 0.393 e. The molecule has 2 aromatic rings. The van der Waals surface area contributed by atoms with E-state index < -0.39 is 29.5 Å². The fourth-order valence-electron chi connectivity index (χ4n) is 3.44. The van der Waals surface area contributed by atoms with Crippen molar-refractivity contribution in [2.45, 2.75) is 58.2 Å². The van der Waals surface area contributed by atoms with Gasteiger partial charge in [-0.25, -0.2) is 4.79 Å². The van der Waals surface area contributed by atoms with Crippen LogP contribution in [0.15, 0.2) is 65.7 Å². The van der Waals surface area contributed by atoms with Crippen LogP contribution in [0, 0.1) is 0 Å². The summed E-state index contributed by atoms with van der Waals surface area (Å²) in [4.78, 5) is 18.1. The van der Waals surface area contributed by atoms with E-state index in [0.29, 0.717) is 6.61 Å². The number of esters is 1. The van der Waals surface area contributed by atoms with Crippen LogP contribution in [0.3, 0.4) is 0 Å². The SMILES string of the molecule is CCOC(C)OC1C(=O)OC(OC(C)(C)C)=NC1(c1ccccc1)c1ccccc1. The van der Waals surface area contributed by atoms with Crippen LogP contribution in [0.2, 0.25) is 0 Å². The highest BCUT2D eigenvalue weighted by Gasteiger charge is 2.53. The lowest BCUT2D eigenvalue weighted by Gasteiger charge is -2.41. The van der Waals surface area contributed by atoms with Crippen molar-refractivity contribution in [2.24, 2.45) is 4.99 Å². The monoisotopic (exact) mass is 411 g/mol. The van der Waals surface area contributed by atoms with Crippen LogP contribution in [0.25, 0.3) is 0 Å². The number of aliphatic imine (C=N–C) groups is 1. The molecule has 0 radical (unpaired) electrons. The first-order valence-electron chi connectivity index (χ1n) is 10.1. The number of benzene rings is 2. The molecule has 0 aliphatic carbocycles. The molecular formula is C24H29NO5. The summed E-state index contributed by atoms with van der Waals surface area (Å²) in [6.07, 6.45) is -1.76. The average Bonchev–Trinajstić information content (AvgIpc) is 2.70. The molecule has 0 aromatic heterocycles. The summed E-state index contributed by atoms with van der Waals surface area (Å²) in [6, 6.07) is 19.1. The molecule has 160 valence electrons. The maximum atomic E-state index is 13.2. The van der Waals surface area contributed by atoms with E-state index in [1.165, 1.54) is 0 Å². The first-order valence-corrected chi connectivity index (χ1v) is 10.1. The number of carbonyl (C=O) groups excluding carboxylic acids is 1. The minimum Gasteiger partial charge on any atom is -0.445 e. The molecule has 1 heterocycles. The van der Waals surface area contributed by atoms with Crippen LogP contribution in [0.4, 0.5) is 0 Å². The van der Waals surface area contributed by atoms with Crippen LogP contribution in [0.5, 0.6) is 0 Å². The Morgan fingerprint density at radius 3 is 2.03 bits per heavy atom. The van der Waals surface area contributed by atoms with Gasteiger partial charge in [0, 0.05) is 6.61 Å². The van der Waals surface area contributed by atoms with Gasteiger partial charge in [-0.3, -0.25) is 0 Å². The molecule has 1 aliphatic rings. The van der Waals surface area contributed by atoms with Crippen molar-refractivity contribution in [2.75, 3.05) is 6.61 Å². The van der Waals surface area contributed by atoms with E-state index in [-0.39, 0.29) is 6.08 Å². The zero-order valence-electron chi connectivity index (χ0n) is 18.1. The molecule has 0 saturated heterocycles. The predicted octanol–water partition coefficient (Wildman–Crippen LogP) is 4.43. The van der Waals surface area contributed by atoms with Gasteiger partial charge in [0.05, 0.1) is 0 Å². The van der Waals surface area contributed by atoms with E-state index in [2.05, 4.69) is 0 Å². The lowest BCUT2D eigenvalue weighted by atomic mass is 9.78. The molecule has 6 nitrogen and oxygen atoms in total. The van der Waals surface area contributed by atoms with Crippen LogP contribution in [-0.2, 0) is 29.3 Å². The number of hydrogen-bond acceptors (Lipinski definition) is 6. The van der Waals surface area contributed by atoms with Crippen molar-refractivity contribution in [3.63, 3.8) is 0 Å². The molecule has 3 rings (SSSR count). The van der Waals surface area contributed by atoms with Crippen LogP contribution in [0.1, 0.15) is 45.7 Å². The standard InChI is InChI=1S/C24H29NO5/c1-6-27-17(2)28-20-21(26)29-22(30-23(3,4)5)25-24(20,18-13-9-7-10-14-18)19-15-11-8-12-16-19/h7-17,20H,6H2,1-5H3. The Morgan fingerprint density at radius 2 is 1.57 bits per heavy atom. The molecule has 6 heteroatoms. The molecule has 0 amide bonds. The van der Waals surface area contributed by atoms with Gasteiger partial charge in [-0.15, -0.1) is 0 Å². The van der Waals surface area contributed by atoms with Gasteiger partial charge in [0.15, 0.2) is 17.9 Å². The second kappa shape index (κ2) is 8.98. The van der Waals surface area contributed by atoms with Crippen molar-refractivity contribution in [1.82, 2.24) is 0 Å². The third-order valence-electron chi connectivity index (χ3n) is 4.60. The highest BCUT2D eigenvalue weighted by Crippen LogP contribution is 2.42. The van der Waals surface area contributed by atoms with E-state index in [1.807, 2.05) is 88.4 Å². The second-order valence-electron chi connectivity index (χ2n) is 8.05. The maximum absolute atomic E-state index is 13.2. The summed E-state index contributed by atoms with van der Waals surface area (Å²) in [6.45, 7) is 9.69. The van der Waals surface area contributed by atoms with Gasteiger partial charge in [0.1, 0.15) is 5.60 Å². The van der Waals surface area contributed by atoms with E-state index in [9.17, 15) is 4.79 Å². The predicted molar refractivity (Wildman–Crippen MR) is 114 cm³/mol. The molecule has 30 heavy (non-hydrogen) atoms. The quantitative estimate of drug-likeness (QED) is 0.520. The number of carbonyl (C=O) groups is 1. The summed E-state index contributed by atoms with van der Waals surface area (Å²) in [5.74, 6) is -0.580. The topological polar surface area (TPSA) is 66.4 Å². The Balaban J connectivity index is 2.23. The van der Waals surface area contributed by atoms with Crippen LogP contribution < -0.4 is 0 Å². The maximum Gasteiger partial charge on any atom is 0.393 e. The van der Waals surface area contributed by atoms with Crippen LogP contribution >= 0.6 is 0 Å². The molecular weight excluding hydrogens is 382 g/mol. The van der Waals surface area contributed by atoms with Gasteiger partial charge in [-0.2, -0.15) is 4.99 Å². The number of rotatable bonds is 6. The molecule has 0 saturated carbocycles. The van der Waals surface area contributed by atoms with Crippen molar-refractivity contribution >= 4 is 12.1 Å². The lowest BCUT2D eigenvalue weighted by Crippen LogP contribution is -2.53. The Bertz CT molecular complexity index is 834. The Kier molecular flexibility index (Phi) is 6.58. The first-order chi connectivity index (χ1) is 14.3. The molecule has 1 aliphatic heterocycles. The van der Waals surface area contributed by atoms with Gasteiger partial charge in [-0.05, 0) is 45.7 Å². The molecule has 0 N–H and O–H groups in total. The van der Waals surface area contributed by atoms with E-state index >= 15 is 0 Å². The molecule has 0 spiro atoms. The van der Waals surface area contributed by atoms with Crippen molar-refractivity contribution < 1.29 is 23.7 Å². The lowest BCUT2D eigenvalue weighted by molar-refractivity contribution is -0.196. The minimum absolute atomic E-state index is 0.0795. The fourth-order valence-corrected chi connectivity index (χ4v) is 3.44. The number of hydrogen-bond donors (Lipinski definition) is 0. The molecule has 2 aromatic carbocycles. The molecule has 2 atom stereocenters. The second-order valence-corrected chi connectivity index (χ2v) is 8.05. The Labute approximate surface area is 177 Å². The summed E-state index contributed by atoms with van der Waals surface area (Å²) in [5, 5.41) is 0.